The Hall–Kier alpha value is -3.20. The standard InChI is InChI=1S/C47H83NO13S/c1-6-9-12-15-18-21-25-42(50)57-35-39(34-56-38-49)60-45(53)31-29-41(62-47(55)28-24-33-48(4)5)30-32-46(54)61-40(36-58-43(51)26-22-19-16-13-10-7-2)37-59-44(52)27-23-20-17-14-11-8-3/h38-41H,6-37H2,1-5H3. The Morgan fingerprint density at radius 2 is 0.839 bits per heavy atom. The molecule has 2 unspecified atom stereocenters. The first kappa shape index (κ1) is 58.8. The van der Waals surface area contributed by atoms with E-state index in [1.54, 1.807) is 0 Å². The van der Waals surface area contributed by atoms with E-state index in [2.05, 4.69) is 20.8 Å². The van der Waals surface area contributed by atoms with Crippen LogP contribution in [0.15, 0.2) is 0 Å². The number of ether oxygens (including phenoxy) is 6. The third kappa shape index (κ3) is 38.5. The normalized spacial score (nSPS) is 12.1. The quantitative estimate of drug-likeness (QED) is 0.0244. The zero-order valence-corrected chi connectivity index (χ0v) is 39.9. The van der Waals surface area contributed by atoms with E-state index in [-0.39, 0.29) is 83.0 Å². The Labute approximate surface area is 377 Å². The van der Waals surface area contributed by atoms with E-state index in [1.807, 2.05) is 19.0 Å². The first-order valence-electron chi connectivity index (χ1n) is 23.7. The highest BCUT2D eigenvalue weighted by Crippen LogP contribution is 2.25. The Balaban J connectivity index is 5.45. The molecule has 360 valence electrons. The fraction of sp³-hybridized carbons (Fsp3) is 0.851. The van der Waals surface area contributed by atoms with Crippen molar-refractivity contribution < 1.29 is 62.0 Å². The van der Waals surface area contributed by atoms with E-state index in [9.17, 15) is 33.6 Å². The Bertz CT molecular complexity index is 1170. The van der Waals surface area contributed by atoms with Crippen LogP contribution in [0.2, 0.25) is 0 Å². The van der Waals surface area contributed by atoms with Crippen molar-refractivity contribution in [2.24, 2.45) is 0 Å². The van der Waals surface area contributed by atoms with Crippen LogP contribution in [-0.2, 0) is 62.0 Å². The molecule has 0 aromatic heterocycles. The second-order valence-electron chi connectivity index (χ2n) is 16.4. The van der Waals surface area contributed by atoms with E-state index in [0.717, 1.165) is 115 Å². The fourth-order valence-corrected chi connectivity index (χ4v) is 7.50. The number of nitrogens with zero attached hydrogens (tertiary/aromatic N) is 1. The fourth-order valence-electron chi connectivity index (χ4n) is 6.40. The van der Waals surface area contributed by atoms with Gasteiger partial charge in [-0.15, -0.1) is 0 Å². The predicted molar refractivity (Wildman–Crippen MR) is 241 cm³/mol. The number of carbonyl (C=O) groups is 7. The van der Waals surface area contributed by atoms with Crippen LogP contribution in [0.3, 0.4) is 0 Å². The maximum absolute atomic E-state index is 13.2. The first-order valence-corrected chi connectivity index (χ1v) is 24.6. The largest absolute Gasteiger partial charge is 0.464 e. The molecule has 0 aromatic carbocycles. The second kappa shape index (κ2) is 41.8. The molecule has 14 nitrogen and oxygen atoms in total. The number of thioether (sulfide) groups is 1. The van der Waals surface area contributed by atoms with Gasteiger partial charge in [-0.3, -0.25) is 33.6 Å². The minimum Gasteiger partial charge on any atom is -0.464 e. The number of hydrogen-bond acceptors (Lipinski definition) is 15. The summed E-state index contributed by atoms with van der Waals surface area (Å²) in [6, 6.07) is 0. The molecule has 0 heterocycles. The van der Waals surface area contributed by atoms with Crippen LogP contribution in [0.1, 0.15) is 194 Å². The highest BCUT2D eigenvalue weighted by Gasteiger charge is 2.24. The van der Waals surface area contributed by atoms with Crippen molar-refractivity contribution in [2.45, 2.75) is 212 Å². The van der Waals surface area contributed by atoms with Gasteiger partial charge in [0.05, 0.1) is 0 Å². The van der Waals surface area contributed by atoms with Crippen molar-refractivity contribution >= 4 is 53.2 Å². The highest BCUT2D eigenvalue weighted by molar-refractivity contribution is 8.14. The van der Waals surface area contributed by atoms with Crippen LogP contribution in [0.5, 0.6) is 0 Å². The summed E-state index contributed by atoms with van der Waals surface area (Å²) >= 11 is 1.06. The van der Waals surface area contributed by atoms with Crippen LogP contribution in [-0.4, -0.2) is 111 Å². The minimum atomic E-state index is -1.01. The molecule has 62 heavy (non-hydrogen) atoms. The zero-order valence-electron chi connectivity index (χ0n) is 39.1. The highest BCUT2D eigenvalue weighted by atomic mass is 32.2. The third-order valence-corrected chi connectivity index (χ3v) is 11.3. The van der Waals surface area contributed by atoms with Crippen molar-refractivity contribution in [3.8, 4) is 0 Å². The molecule has 0 saturated carbocycles. The molecule has 0 amide bonds. The molecule has 15 heteroatoms. The Kier molecular flexibility index (Phi) is 39.6. The van der Waals surface area contributed by atoms with E-state index in [4.69, 9.17) is 28.4 Å². The number of carbonyl (C=O) groups excluding carboxylic acids is 7. The Morgan fingerprint density at radius 1 is 0.468 bits per heavy atom. The van der Waals surface area contributed by atoms with Gasteiger partial charge in [-0.25, -0.2) is 0 Å². The van der Waals surface area contributed by atoms with Gasteiger partial charge in [0.25, 0.3) is 6.47 Å². The third-order valence-electron chi connectivity index (χ3n) is 10.1. The van der Waals surface area contributed by atoms with Gasteiger partial charge in [0.1, 0.15) is 26.4 Å². The van der Waals surface area contributed by atoms with Crippen molar-refractivity contribution in [2.75, 3.05) is 47.1 Å². The van der Waals surface area contributed by atoms with Crippen LogP contribution >= 0.6 is 11.8 Å². The molecule has 0 radical (unpaired) electrons. The van der Waals surface area contributed by atoms with Crippen molar-refractivity contribution in [1.82, 2.24) is 4.90 Å². The van der Waals surface area contributed by atoms with Crippen LogP contribution in [0.4, 0.5) is 0 Å². The van der Waals surface area contributed by atoms with Gasteiger partial charge < -0.3 is 33.3 Å². The number of rotatable bonds is 43. The topological polar surface area (TPSA) is 178 Å². The molecule has 0 aliphatic rings. The number of hydrogen-bond donors (Lipinski definition) is 0. The van der Waals surface area contributed by atoms with Gasteiger partial charge in [0.2, 0.25) is 0 Å². The molecule has 0 aliphatic heterocycles. The summed E-state index contributed by atoms with van der Waals surface area (Å²) in [6.45, 7) is 6.28. The summed E-state index contributed by atoms with van der Waals surface area (Å²) in [7, 11) is 3.84. The smallest absolute Gasteiger partial charge is 0.306 e. The average Bonchev–Trinajstić information content (AvgIpc) is 3.24. The van der Waals surface area contributed by atoms with Gasteiger partial charge >= 0.3 is 29.8 Å². The van der Waals surface area contributed by atoms with E-state index < -0.39 is 47.3 Å². The van der Waals surface area contributed by atoms with Gasteiger partial charge in [-0.1, -0.05) is 129 Å². The zero-order chi connectivity index (χ0) is 46.1. The molecular weight excluding hydrogens is 819 g/mol. The monoisotopic (exact) mass is 902 g/mol. The lowest BCUT2D eigenvalue weighted by molar-refractivity contribution is -0.167. The van der Waals surface area contributed by atoms with Gasteiger partial charge in [0, 0.05) is 43.8 Å². The molecule has 0 aliphatic carbocycles. The summed E-state index contributed by atoms with van der Waals surface area (Å²) in [5.74, 6) is -2.53. The summed E-state index contributed by atoms with van der Waals surface area (Å²) in [4.78, 5) is 89.5. The Morgan fingerprint density at radius 3 is 1.21 bits per heavy atom. The molecule has 0 fully saturated rings. The molecule has 0 N–H and O–H groups in total. The van der Waals surface area contributed by atoms with E-state index in [0.29, 0.717) is 32.1 Å². The van der Waals surface area contributed by atoms with Crippen LogP contribution in [0, 0.1) is 0 Å². The summed E-state index contributed by atoms with van der Waals surface area (Å²) in [5, 5.41) is -0.536. The molecule has 0 bridgehead atoms. The van der Waals surface area contributed by atoms with Crippen molar-refractivity contribution in [3.05, 3.63) is 0 Å². The van der Waals surface area contributed by atoms with Crippen molar-refractivity contribution in [3.63, 3.8) is 0 Å². The summed E-state index contributed by atoms with van der Waals surface area (Å²) in [5.41, 5.74) is 0. The first-order chi connectivity index (χ1) is 29.9. The predicted octanol–water partition coefficient (Wildman–Crippen LogP) is 9.40. The minimum absolute atomic E-state index is 0.0828. The maximum atomic E-state index is 13.2. The lowest BCUT2D eigenvalue weighted by Crippen LogP contribution is -2.31. The van der Waals surface area contributed by atoms with Crippen LogP contribution < -0.4 is 0 Å². The number of esters is 5. The molecule has 0 saturated heterocycles. The average molecular weight is 902 g/mol. The van der Waals surface area contributed by atoms with E-state index in [1.165, 1.54) is 0 Å². The maximum Gasteiger partial charge on any atom is 0.306 e. The lowest BCUT2D eigenvalue weighted by Gasteiger charge is -2.20. The molecule has 0 aromatic rings. The van der Waals surface area contributed by atoms with Gasteiger partial charge in [-0.05, 0) is 59.2 Å². The summed E-state index contributed by atoms with van der Waals surface area (Å²) < 4.78 is 32.2. The molecule has 0 spiro atoms. The molecular formula is C47H83NO13S. The van der Waals surface area contributed by atoms with Gasteiger partial charge in [-0.2, -0.15) is 0 Å². The van der Waals surface area contributed by atoms with E-state index >= 15 is 0 Å². The molecule has 2 atom stereocenters. The molecule has 0 rings (SSSR count). The summed E-state index contributed by atoms with van der Waals surface area (Å²) in [6.07, 6.45) is 18.0. The SMILES string of the molecule is CCCCCCCCC(=O)OCC(COC=O)OC(=O)CCC(CCC(=O)OC(COC(=O)CCCCCCCC)COC(=O)CCCCCCCC)SC(=O)CCCN(C)C. The van der Waals surface area contributed by atoms with Gasteiger partial charge in [0.15, 0.2) is 17.3 Å². The van der Waals surface area contributed by atoms with Crippen LogP contribution in [0.25, 0.3) is 0 Å². The van der Waals surface area contributed by atoms with Crippen molar-refractivity contribution in [1.29, 1.82) is 0 Å². The lowest BCUT2D eigenvalue weighted by atomic mass is 10.1. The number of unbranched alkanes of at least 4 members (excludes halogenated alkanes) is 15. The second-order valence-corrected chi connectivity index (χ2v) is 17.7.